The average molecular weight is 363 g/mol. The summed E-state index contributed by atoms with van der Waals surface area (Å²) in [5.74, 6) is 1.74. The lowest BCUT2D eigenvalue weighted by atomic mass is 9.94. The Morgan fingerprint density at radius 3 is 2.58 bits per heavy atom. The maximum atomic E-state index is 6.15. The minimum Gasteiger partial charge on any atom is -0.496 e. The number of nitrogens with zero attached hydrogens (tertiary/aromatic N) is 1. The van der Waals surface area contributed by atoms with E-state index in [1.807, 2.05) is 12.1 Å². The number of ether oxygens (including phenoxy) is 1. The molecule has 0 saturated heterocycles. The van der Waals surface area contributed by atoms with Crippen molar-refractivity contribution in [3.05, 3.63) is 53.4 Å². The Kier molecular flexibility index (Phi) is 4.26. The maximum absolute atomic E-state index is 6.15. The van der Waals surface area contributed by atoms with Crippen LogP contribution in [-0.4, -0.2) is 18.6 Å². The first kappa shape index (κ1) is 16.8. The molecule has 0 aliphatic rings. The largest absolute Gasteiger partial charge is 0.496 e. The van der Waals surface area contributed by atoms with Crippen LogP contribution in [0.15, 0.2) is 47.8 Å². The number of hydrogen-bond donors (Lipinski definition) is 2. The molecule has 5 heteroatoms. The van der Waals surface area contributed by atoms with Crippen molar-refractivity contribution in [3.8, 4) is 16.9 Å². The van der Waals surface area contributed by atoms with Crippen LogP contribution in [0.2, 0.25) is 0 Å². The second-order valence-corrected chi connectivity index (χ2v) is 7.37. The van der Waals surface area contributed by atoms with Gasteiger partial charge >= 0.3 is 0 Å². The molecule has 26 heavy (non-hydrogen) atoms. The van der Waals surface area contributed by atoms with E-state index in [2.05, 4.69) is 47.6 Å². The van der Waals surface area contributed by atoms with Gasteiger partial charge in [0, 0.05) is 16.3 Å². The van der Waals surface area contributed by atoms with Crippen LogP contribution < -0.4 is 16.2 Å². The Bertz CT molecular complexity index is 1090. The van der Waals surface area contributed by atoms with Gasteiger partial charge in [-0.15, -0.1) is 11.3 Å². The normalized spacial score (nSPS) is 12.6. The molecule has 4 nitrogen and oxygen atoms in total. The summed E-state index contributed by atoms with van der Waals surface area (Å²) in [5.41, 5.74) is 16.2. The summed E-state index contributed by atoms with van der Waals surface area (Å²) in [4.78, 5) is 4.61. The number of fused-ring (bicyclic) bond motifs is 3. The molecule has 2 aromatic heterocycles. The lowest BCUT2D eigenvalue weighted by molar-refractivity contribution is 0.417. The van der Waals surface area contributed by atoms with Gasteiger partial charge in [-0.2, -0.15) is 0 Å². The molecule has 4 aromatic rings. The first-order chi connectivity index (χ1) is 12.6. The SMILES string of the molecule is COc1ccc2nc(N)c3sccc3c2c1-c1ccc(C(C)CN)cc1. The molecule has 1 unspecified atom stereocenters. The number of benzene rings is 2. The molecular weight excluding hydrogens is 342 g/mol. The van der Waals surface area contributed by atoms with E-state index in [0.717, 1.165) is 37.9 Å². The summed E-state index contributed by atoms with van der Waals surface area (Å²) in [6, 6.07) is 14.6. The van der Waals surface area contributed by atoms with Crippen LogP contribution in [0.5, 0.6) is 5.75 Å². The minimum atomic E-state index is 0.337. The molecule has 4 rings (SSSR count). The Labute approximate surface area is 156 Å². The molecule has 0 aliphatic carbocycles. The van der Waals surface area contributed by atoms with Crippen molar-refractivity contribution in [1.82, 2.24) is 4.98 Å². The van der Waals surface area contributed by atoms with Crippen LogP contribution in [0.25, 0.3) is 32.1 Å². The first-order valence-corrected chi connectivity index (χ1v) is 9.45. The lowest BCUT2D eigenvalue weighted by Gasteiger charge is -2.15. The van der Waals surface area contributed by atoms with Crippen molar-refractivity contribution >= 4 is 38.1 Å². The lowest BCUT2D eigenvalue weighted by Crippen LogP contribution is -2.08. The van der Waals surface area contributed by atoms with Crippen LogP contribution in [0, 0.1) is 0 Å². The molecular formula is C21H21N3OS. The molecule has 4 N–H and O–H groups in total. The van der Waals surface area contributed by atoms with Crippen molar-refractivity contribution < 1.29 is 4.74 Å². The highest BCUT2D eigenvalue weighted by Gasteiger charge is 2.17. The fourth-order valence-corrected chi connectivity index (χ4v) is 4.20. The molecule has 0 saturated carbocycles. The van der Waals surface area contributed by atoms with Gasteiger partial charge in [0.05, 0.1) is 17.3 Å². The van der Waals surface area contributed by atoms with E-state index in [0.29, 0.717) is 18.3 Å². The minimum absolute atomic E-state index is 0.337. The number of methoxy groups -OCH3 is 1. The van der Waals surface area contributed by atoms with Gasteiger partial charge in [-0.1, -0.05) is 31.2 Å². The number of rotatable bonds is 4. The van der Waals surface area contributed by atoms with E-state index in [4.69, 9.17) is 16.2 Å². The number of anilines is 1. The molecule has 0 spiro atoms. The van der Waals surface area contributed by atoms with Gasteiger partial charge in [-0.3, -0.25) is 0 Å². The summed E-state index contributed by atoms with van der Waals surface area (Å²) in [6.07, 6.45) is 0. The Morgan fingerprint density at radius 2 is 1.88 bits per heavy atom. The van der Waals surface area contributed by atoms with E-state index in [9.17, 15) is 0 Å². The van der Waals surface area contributed by atoms with Crippen LogP contribution in [0.4, 0.5) is 5.82 Å². The van der Waals surface area contributed by atoms with Crippen LogP contribution >= 0.6 is 11.3 Å². The second-order valence-electron chi connectivity index (χ2n) is 6.46. The van der Waals surface area contributed by atoms with Crippen molar-refractivity contribution in [2.24, 2.45) is 5.73 Å². The molecule has 0 aliphatic heterocycles. The third kappa shape index (κ3) is 2.60. The Balaban J connectivity index is 2.02. The fraction of sp³-hybridized carbons (Fsp3) is 0.190. The summed E-state index contributed by atoms with van der Waals surface area (Å²) in [7, 11) is 1.70. The van der Waals surface area contributed by atoms with Crippen molar-refractivity contribution in [2.45, 2.75) is 12.8 Å². The molecule has 0 amide bonds. The van der Waals surface area contributed by atoms with Crippen LogP contribution in [-0.2, 0) is 0 Å². The van der Waals surface area contributed by atoms with Gasteiger partial charge in [-0.05, 0) is 47.2 Å². The van der Waals surface area contributed by atoms with Gasteiger partial charge in [-0.25, -0.2) is 4.98 Å². The predicted octanol–water partition coefficient (Wildman–Crippen LogP) is 4.77. The zero-order valence-corrected chi connectivity index (χ0v) is 15.6. The van der Waals surface area contributed by atoms with Crippen molar-refractivity contribution in [3.63, 3.8) is 0 Å². The zero-order valence-electron chi connectivity index (χ0n) is 14.8. The predicted molar refractivity (Wildman–Crippen MR) is 111 cm³/mol. The van der Waals surface area contributed by atoms with Gasteiger partial charge < -0.3 is 16.2 Å². The zero-order chi connectivity index (χ0) is 18.3. The summed E-state index contributed by atoms with van der Waals surface area (Å²) < 4.78 is 6.70. The summed E-state index contributed by atoms with van der Waals surface area (Å²) in [6.45, 7) is 2.77. The van der Waals surface area contributed by atoms with Gasteiger partial charge in [0.1, 0.15) is 11.6 Å². The average Bonchev–Trinajstić information content (AvgIpc) is 3.17. The number of nitrogen functional groups attached to an aromatic ring is 1. The molecule has 2 aromatic carbocycles. The number of nitrogens with two attached hydrogens (primary N) is 2. The molecule has 0 radical (unpaired) electrons. The highest BCUT2D eigenvalue weighted by molar-refractivity contribution is 7.18. The number of pyridine rings is 1. The summed E-state index contributed by atoms with van der Waals surface area (Å²) in [5, 5.41) is 4.25. The number of aromatic nitrogens is 1. The molecule has 0 fully saturated rings. The van der Waals surface area contributed by atoms with Crippen LogP contribution in [0.3, 0.4) is 0 Å². The van der Waals surface area contributed by atoms with Crippen molar-refractivity contribution in [1.29, 1.82) is 0 Å². The molecule has 0 bridgehead atoms. The quantitative estimate of drug-likeness (QED) is 0.548. The third-order valence-electron chi connectivity index (χ3n) is 4.90. The number of thiophene rings is 1. The highest BCUT2D eigenvalue weighted by Crippen LogP contribution is 2.42. The Morgan fingerprint density at radius 1 is 1.12 bits per heavy atom. The maximum Gasteiger partial charge on any atom is 0.142 e. The van der Waals surface area contributed by atoms with E-state index >= 15 is 0 Å². The first-order valence-electron chi connectivity index (χ1n) is 8.57. The third-order valence-corrected chi connectivity index (χ3v) is 5.83. The second kappa shape index (κ2) is 6.59. The van der Waals surface area contributed by atoms with Gasteiger partial charge in [0.25, 0.3) is 0 Å². The highest BCUT2D eigenvalue weighted by atomic mass is 32.1. The fourth-order valence-electron chi connectivity index (χ4n) is 3.39. The summed E-state index contributed by atoms with van der Waals surface area (Å²) >= 11 is 1.61. The Hall–Kier alpha value is -2.63. The van der Waals surface area contributed by atoms with E-state index in [1.54, 1.807) is 18.4 Å². The van der Waals surface area contributed by atoms with Crippen molar-refractivity contribution in [2.75, 3.05) is 19.4 Å². The molecule has 1 atom stereocenters. The van der Waals surface area contributed by atoms with E-state index < -0.39 is 0 Å². The smallest absolute Gasteiger partial charge is 0.142 e. The van der Waals surface area contributed by atoms with Crippen LogP contribution in [0.1, 0.15) is 18.4 Å². The van der Waals surface area contributed by atoms with Gasteiger partial charge in [0.2, 0.25) is 0 Å². The van der Waals surface area contributed by atoms with E-state index in [-0.39, 0.29) is 0 Å². The molecule has 132 valence electrons. The number of hydrogen-bond acceptors (Lipinski definition) is 5. The van der Waals surface area contributed by atoms with Gasteiger partial charge in [0.15, 0.2) is 0 Å². The standard InChI is InChI=1S/C21H21N3OS/c1-12(11-22)13-3-5-14(6-4-13)18-17(25-2)8-7-16-19(18)15-9-10-26-20(15)21(23)24-16/h3-10,12H,11,22H2,1-2H3,(H2,23,24). The topological polar surface area (TPSA) is 74.2 Å². The monoisotopic (exact) mass is 363 g/mol. The molecule has 2 heterocycles. The van der Waals surface area contributed by atoms with E-state index in [1.165, 1.54) is 5.56 Å².